The molecule has 3 aromatic rings. The second kappa shape index (κ2) is 5.07. The monoisotopic (exact) mass is 269 g/mol. The van der Waals surface area contributed by atoms with Crippen molar-refractivity contribution < 1.29 is 5.21 Å². The molecule has 0 amide bonds. The second-order valence-corrected chi connectivity index (χ2v) is 4.88. The lowest BCUT2D eigenvalue weighted by Gasteiger charge is -1.98. The lowest BCUT2D eigenvalue weighted by atomic mass is 10.2. The van der Waals surface area contributed by atoms with Gasteiger partial charge in [-0.1, -0.05) is 29.4 Å². The number of nitrogens with zero attached hydrogens (tertiary/aromatic N) is 3. The molecule has 0 aliphatic carbocycles. The van der Waals surface area contributed by atoms with E-state index in [2.05, 4.69) is 10.3 Å². The van der Waals surface area contributed by atoms with Gasteiger partial charge in [-0.05, 0) is 23.6 Å². The van der Waals surface area contributed by atoms with E-state index in [9.17, 15) is 0 Å². The molecule has 0 unspecified atom stereocenters. The lowest BCUT2D eigenvalue weighted by Crippen LogP contribution is -1.93. The summed E-state index contributed by atoms with van der Waals surface area (Å²) in [7, 11) is 0. The maximum atomic E-state index is 8.76. The number of hydrogen-bond donors (Lipinski definition) is 1. The van der Waals surface area contributed by atoms with Gasteiger partial charge in [0.05, 0.1) is 16.8 Å². The molecule has 0 spiro atoms. The van der Waals surface area contributed by atoms with E-state index in [4.69, 9.17) is 5.21 Å². The topological polar surface area (TPSA) is 50.4 Å². The van der Waals surface area contributed by atoms with Gasteiger partial charge in [-0.2, -0.15) is 5.10 Å². The third-order valence-electron chi connectivity index (χ3n) is 2.71. The minimum atomic E-state index is 0.786. The number of hydrogen-bond acceptors (Lipinski definition) is 4. The average Bonchev–Trinajstić information content (AvgIpc) is 3.09. The molecule has 0 fully saturated rings. The fraction of sp³-hybridized carbons (Fsp3) is 0. The highest BCUT2D eigenvalue weighted by atomic mass is 32.1. The van der Waals surface area contributed by atoms with E-state index in [1.807, 2.05) is 54.0 Å². The van der Waals surface area contributed by atoms with E-state index < -0.39 is 0 Å². The van der Waals surface area contributed by atoms with Crippen molar-refractivity contribution >= 4 is 17.6 Å². The summed E-state index contributed by atoms with van der Waals surface area (Å²) in [6, 6.07) is 13.8. The first-order valence-corrected chi connectivity index (χ1v) is 6.63. The summed E-state index contributed by atoms with van der Waals surface area (Å²) in [4.78, 5) is 1.05. The quantitative estimate of drug-likeness (QED) is 0.450. The largest absolute Gasteiger partial charge is 0.411 e. The molecule has 0 aliphatic heterocycles. The molecule has 5 heteroatoms. The van der Waals surface area contributed by atoms with Crippen molar-refractivity contribution in [1.82, 2.24) is 9.78 Å². The molecule has 2 heterocycles. The highest BCUT2D eigenvalue weighted by Gasteiger charge is 2.11. The zero-order valence-electron chi connectivity index (χ0n) is 9.97. The highest BCUT2D eigenvalue weighted by molar-refractivity contribution is 7.13. The van der Waals surface area contributed by atoms with Crippen molar-refractivity contribution in [3.05, 3.63) is 59.6 Å². The van der Waals surface area contributed by atoms with Crippen LogP contribution in [0, 0.1) is 0 Å². The van der Waals surface area contributed by atoms with Crippen LogP contribution in [-0.2, 0) is 0 Å². The standard InChI is InChI=1S/C14H11N3OS/c18-15-9-11-10-17(12-5-2-1-3-6-12)16-14(11)13-7-4-8-19-13/h1-10,18H/b15-9-. The molecule has 0 radical (unpaired) electrons. The van der Waals surface area contributed by atoms with Crippen LogP contribution in [0.2, 0.25) is 0 Å². The Balaban J connectivity index is 2.12. The maximum absolute atomic E-state index is 8.76. The Labute approximate surface area is 114 Å². The summed E-state index contributed by atoms with van der Waals surface area (Å²) in [6.07, 6.45) is 3.26. The van der Waals surface area contributed by atoms with E-state index in [1.165, 1.54) is 6.21 Å². The Hall–Kier alpha value is -2.40. The molecule has 4 nitrogen and oxygen atoms in total. The molecule has 19 heavy (non-hydrogen) atoms. The predicted molar refractivity (Wildman–Crippen MR) is 76.3 cm³/mol. The van der Waals surface area contributed by atoms with E-state index >= 15 is 0 Å². The van der Waals surface area contributed by atoms with Crippen molar-refractivity contribution in [2.45, 2.75) is 0 Å². The maximum Gasteiger partial charge on any atom is 0.112 e. The number of thiophene rings is 1. The van der Waals surface area contributed by atoms with Gasteiger partial charge in [-0.3, -0.25) is 0 Å². The number of aromatic nitrogens is 2. The molecule has 3 rings (SSSR count). The molecular weight excluding hydrogens is 258 g/mol. The van der Waals surface area contributed by atoms with Crippen LogP contribution in [0.1, 0.15) is 5.56 Å². The summed E-state index contributed by atoms with van der Waals surface area (Å²) < 4.78 is 1.78. The van der Waals surface area contributed by atoms with E-state index in [0.29, 0.717) is 0 Å². The molecule has 0 saturated heterocycles. The van der Waals surface area contributed by atoms with Crippen LogP contribution >= 0.6 is 11.3 Å². The molecular formula is C14H11N3OS. The normalized spacial score (nSPS) is 11.2. The molecule has 1 aromatic carbocycles. The van der Waals surface area contributed by atoms with Gasteiger partial charge < -0.3 is 5.21 Å². The van der Waals surface area contributed by atoms with Crippen molar-refractivity contribution in [3.63, 3.8) is 0 Å². The Morgan fingerprint density at radius 3 is 2.68 bits per heavy atom. The molecule has 1 N–H and O–H groups in total. The Bertz CT molecular complexity index is 687. The van der Waals surface area contributed by atoms with Gasteiger partial charge >= 0.3 is 0 Å². The van der Waals surface area contributed by atoms with Crippen molar-refractivity contribution in [1.29, 1.82) is 0 Å². The second-order valence-electron chi connectivity index (χ2n) is 3.94. The Kier molecular flexibility index (Phi) is 3.12. The molecule has 0 aliphatic rings. The SMILES string of the molecule is O/N=C\c1cn(-c2ccccc2)nc1-c1cccs1. The third kappa shape index (κ3) is 2.28. The van der Waals surface area contributed by atoms with Crippen molar-refractivity contribution in [2.24, 2.45) is 5.16 Å². The number of oxime groups is 1. The molecule has 0 saturated carbocycles. The molecule has 94 valence electrons. The van der Waals surface area contributed by atoms with Crippen LogP contribution in [0.5, 0.6) is 0 Å². The number of benzene rings is 1. The van der Waals surface area contributed by atoms with Gasteiger partial charge in [0.2, 0.25) is 0 Å². The van der Waals surface area contributed by atoms with Crippen LogP contribution in [-0.4, -0.2) is 21.2 Å². The zero-order chi connectivity index (χ0) is 13.1. The highest BCUT2D eigenvalue weighted by Crippen LogP contribution is 2.26. The molecule has 2 aromatic heterocycles. The van der Waals surface area contributed by atoms with Crippen molar-refractivity contribution in [2.75, 3.05) is 0 Å². The van der Waals surface area contributed by atoms with Gasteiger partial charge in [0.15, 0.2) is 0 Å². The van der Waals surface area contributed by atoms with Crippen LogP contribution in [0.15, 0.2) is 59.2 Å². The third-order valence-corrected chi connectivity index (χ3v) is 3.59. The minimum Gasteiger partial charge on any atom is -0.411 e. The summed E-state index contributed by atoms with van der Waals surface area (Å²) in [6.45, 7) is 0. The predicted octanol–water partition coefficient (Wildman–Crippen LogP) is 3.41. The Morgan fingerprint density at radius 2 is 2.00 bits per heavy atom. The van der Waals surface area contributed by atoms with Gasteiger partial charge in [-0.15, -0.1) is 11.3 Å². The fourth-order valence-corrected chi connectivity index (χ4v) is 2.59. The van der Waals surface area contributed by atoms with E-state index in [0.717, 1.165) is 21.8 Å². The summed E-state index contributed by atoms with van der Waals surface area (Å²) in [5.74, 6) is 0. The summed E-state index contributed by atoms with van der Waals surface area (Å²) in [5, 5.41) is 18.4. The van der Waals surface area contributed by atoms with Crippen LogP contribution in [0.25, 0.3) is 16.3 Å². The van der Waals surface area contributed by atoms with Crippen LogP contribution in [0.4, 0.5) is 0 Å². The van der Waals surface area contributed by atoms with Crippen LogP contribution in [0.3, 0.4) is 0 Å². The van der Waals surface area contributed by atoms with Crippen molar-refractivity contribution in [3.8, 4) is 16.3 Å². The Morgan fingerprint density at radius 1 is 1.16 bits per heavy atom. The fourth-order valence-electron chi connectivity index (χ4n) is 1.86. The summed E-state index contributed by atoms with van der Waals surface area (Å²) >= 11 is 1.61. The number of rotatable bonds is 3. The minimum absolute atomic E-state index is 0.786. The van der Waals surface area contributed by atoms with E-state index in [1.54, 1.807) is 16.0 Å². The first-order valence-electron chi connectivity index (χ1n) is 5.75. The molecule has 0 bridgehead atoms. The first kappa shape index (κ1) is 11.7. The zero-order valence-corrected chi connectivity index (χ0v) is 10.8. The van der Waals surface area contributed by atoms with Gasteiger partial charge in [0, 0.05) is 11.8 Å². The number of para-hydroxylation sites is 1. The smallest absolute Gasteiger partial charge is 0.112 e. The molecule has 0 atom stereocenters. The van der Waals surface area contributed by atoms with Gasteiger partial charge in [0.1, 0.15) is 5.69 Å². The first-order chi connectivity index (χ1) is 9.38. The lowest BCUT2D eigenvalue weighted by molar-refractivity contribution is 0.322. The van der Waals surface area contributed by atoms with Crippen LogP contribution < -0.4 is 0 Å². The summed E-state index contributed by atoms with van der Waals surface area (Å²) in [5.41, 5.74) is 2.57. The van der Waals surface area contributed by atoms with E-state index in [-0.39, 0.29) is 0 Å². The average molecular weight is 269 g/mol. The van der Waals surface area contributed by atoms with Gasteiger partial charge in [-0.25, -0.2) is 4.68 Å². The van der Waals surface area contributed by atoms with Gasteiger partial charge in [0.25, 0.3) is 0 Å².